The Kier molecular flexibility index (Phi) is 6.52. The summed E-state index contributed by atoms with van der Waals surface area (Å²) in [4.78, 5) is 23.5. The first-order valence-corrected chi connectivity index (χ1v) is 7.57. The van der Waals surface area contributed by atoms with E-state index in [1.54, 1.807) is 24.3 Å². The van der Waals surface area contributed by atoms with Crippen LogP contribution in [0, 0.1) is 0 Å². The van der Waals surface area contributed by atoms with Crippen LogP contribution in [0.4, 0.5) is 0 Å². The third kappa shape index (κ3) is 5.24. The van der Waals surface area contributed by atoms with Gasteiger partial charge in [-0.05, 0) is 31.2 Å². The molecule has 0 saturated carbocycles. The summed E-state index contributed by atoms with van der Waals surface area (Å²) in [5.41, 5.74) is 3.62. The number of carbonyl (C=O) groups is 2. The van der Waals surface area contributed by atoms with Crippen molar-refractivity contribution in [2.45, 2.75) is 6.92 Å². The van der Waals surface area contributed by atoms with Gasteiger partial charge in [0.2, 0.25) is 0 Å². The summed E-state index contributed by atoms with van der Waals surface area (Å²) in [5.74, 6) is -0.0313. The summed E-state index contributed by atoms with van der Waals surface area (Å²) in [7, 11) is 0. The highest BCUT2D eigenvalue weighted by Gasteiger charge is 2.06. The zero-order valence-electron chi connectivity index (χ0n) is 13.4. The fraction of sp³-hybridized carbons (Fsp3) is 0.167. The van der Waals surface area contributed by atoms with Crippen LogP contribution in [0.1, 0.15) is 22.8 Å². The zero-order chi connectivity index (χ0) is 17.2. The third-order valence-corrected chi connectivity index (χ3v) is 3.06. The molecule has 0 unspecified atom stereocenters. The van der Waals surface area contributed by atoms with Crippen molar-refractivity contribution < 1.29 is 14.3 Å². The lowest BCUT2D eigenvalue weighted by Crippen LogP contribution is -2.34. The Hall–Kier alpha value is -3.15. The van der Waals surface area contributed by atoms with Crippen LogP contribution < -0.4 is 15.5 Å². The van der Waals surface area contributed by atoms with E-state index in [-0.39, 0.29) is 12.5 Å². The number of hydrazone groups is 1. The van der Waals surface area contributed by atoms with Gasteiger partial charge in [0.15, 0.2) is 0 Å². The molecule has 0 atom stereocenters. The minimum Gasteiger partial charge on any atom is -0.493 e. The summed E-state index contributed by atoms with van der Waals surface area (Å²) < 4.78 is 5.46. The molecular formula is C18H19N3O3. The Morgan fingerprint density at radius 2 is 1.79 bits per heavy atom. The van der Waals surface area contributed by atoms with Gasteiger partial charge in [-0.2, -0.15) is 5.10 Å². The first-order valence-electron chi connectivity index (χ1n) is 7.57. The van der Waals surface area contributed by atoms with E-state index in [4.69, 9.17) is 4.74 Å². The number of carbonyl (C=O) groups excluding carboxylic acids is 2. The summed E-state index contributed by atoms with van der Waals surface area (Å²) in [6.45, 7) is 2.28. The van der Waals surface area contributed by atoms with Crippen molar-refractivity contribution in [1.82, 2.24) is 10.7 Å². The third-order valence-electron chi connectivity index (χ3n) is 3.06. The molecule has 6 nitrogen and oxygen atoms in total. The van der Waals surface area contributed by atoms with E-state index in [0.717, 1.165) is 5.56 Å². The number of nitrogens with one attached hydrogen (secondary N) is 2. The zero-order valence-corrected chi connectivity index (χ0v) is 13.4. The van der Waals surface area contributed by atoms with Gasteiger partial charge in [-0.15, -0.1) is 0 Å². The van der Waals surface area contributed by atoms with Crippen molar-refractivity contribution in [3.05, 3.63) is 65.7 Å². The molecule has 2 aromatic carbocycles. The van der Waals surface area contributed by atoms with Crippen LogP contribution in [-0.4, -0.2) is 31.2 Å². The number of ether oxygens (including phenoxy) is 1. The number of hydrogen-bond acceptors (Lipinski definition) is 4. The van der Waals surface area contributed by atoms with Gasteiger partial charge in [-0.1, -0.05) is 30.3 Å². The highest BCUT2D eigenvalue weighted by Crippen LogP contribution is 2.15. The van der Waals surface area contributed by atoms with Crippen LogP contribution in [0.25, 0.3) is 0 Å². The van der Waals surface area contributed by atoms with Crippen molar-refractivity contribution in [2.24, 2.45) is 5.10 Å². The first kappa shape index (κ1) is 17.2. The number of nitrogens with zero attached hydrogens (tertiary/aromatic N) is 1. The van der Waals surface area contributed by atoms with Crippen LogP contribution in [0.5, 0.6) is 5.75 Å². The molecule has 0 saturated heterocycles. The first-order chi connectivity index (χ1) is 11.7. The van der Waals surface area contributed by atoms with E-state index in [1.807, 2.05) is 37.3 Å². The minimum absolute atomic E-state index is 0.155. The fourth-order valence-corrected chi connectivity index (χ4v) is 1.94. The van der Waals surface area contributed by atoms with Crippen LogP contribution in [0.15, 0.2) is 59.7 Å². The van der Waals surface area contributed by atoms with Gasteiger partial charge < -0.3 is 10.1 Å². The number of amides is 2. The average Bonchev–Trinajstić information content (AvgIpc) is 2.62. The van der Waals surface area contributed by atoms with E-state index in [1.165, 1.54) is 6.21 Å². The van der Waals surface area contributed by atoms with E-state index in [0.29, 0.717) is 17.9 Å². The SMILES string of the molecule is CCOc1ccccc1/C=N/NC(=O)CNC(=O)c1ccccc1. The molecule has 124 valence electrons. The van der Waals surface area contributed by atoms with Crippen molar-refractivity contribution in [1.29, 1.82) is 0 Å². The fourth-order valence-electron chi connectivity index (χ4n) is 1.94. The Morgan fingerprint density at radius 3 is 2.54 bits per heavy atom. The summed E-state index contributed by atoms with van der Waals surface area (Å²) in [6, 6.07) is 16.1. The van der Waals surface area contributed by atoms with Gasteiger partial charge >= 0.3 is 0 Å². The maximum Gasteiger partial charge on any atom is 0.259 e. The topological polar surface area (TPSA) is 79.8 Å². The number of para-hydroxylation sites is 1. The smallest absolute Gasteiger partial charge is 0.259 e. The van der Waals surface area contributed by atoms with E-state index >= 15 is 0 Å². The lowest BCUT2D eigenvalue weighted by molar-refractivity contribution is -0.120. The van der Waals surface area contributed by atoms with Crippen LogP contribution in [0.2, 0.25) is 0 Å². The summed E-state index contributed by atoms with van der Waals surface area (Å²) >= 11 is 0. The number of rotatable bonds is 7. The molecule has 2 rings (SSSR count). The summed E-state index contributed by atoms with van der Waals surface area (Å²) in [5, 5.41) is 6.41. The van der Waals surface area contributed by atoms with Gasteiger partial charge in [-0.3, -0.25) is 9.59 Å². The normalized spacial score (nSPS) is 10.4. The predicted octanol–water partition coefficient (Wildman–Crippen LogP) is 1.97. The Balaban J connectivity index is 1.82. The average molecular weight is 325 g/mol. The Morgan fingerprint density at radius 1 is 1.08 bits per heavy atom. The largest absolute Gasteiger partial charge is 0.493 e. The van der Waals surface area contributed by atoms with Crippen molar-refractivity contribution in [2.75, 3.05) is 13.2 Å². The standard InChI is InChI=1S/C18H19N3O3/c1-2-24-16-11-7-6-10-15(16)12-20-21-17(22)13-19-18(23)14-8-4-3-5-9-14/h3-12H,2,13H2,1H3,(H,19,23)(H,21,22)/b20-12+. The van der Waals surface area contributed by atoms with E-state index < -0.39 is 5.91 Å². The molecule has 0 heterocycles. The molecule has 6 heteroatoms. The summed E-state index contributed by atoms with van der Waals surface area (Å²) in [6.07, 6.45) is 1.50. The van der Waals surface area contributed by atoms with Crippen LogP contribution in [0.3, 0.4) is 0 Å². The molecule has 2 aromatic rings. The Labute approximate surface area is 140 Å². The number of hydrogen-bond donors (Lipinski definition) is 2. The maximum absolute atomic E-state index is 11.8. The lowest BCUT2D eigenvalue weighted by atomic mass is 10.2. The number of benzene rings is 2. The molecule has 2 amide bonds. The van der Waals surface area contributed by atoms with Crippen molar-refractivity contribution in [3.8, 4) is 5.75 Å². The molecule has 0 radical (unpaired) electrons. The van der Waals surface area contributed by atoms with Crippen molar-refractivity contribution >= 4 is 18.0 Å². The van der Waals surface area contributed by atoms with Crippen LogP contribution >= 0.6 is 0 Å². The maximum atomic E-state index is 11.8. The second-order valence-corrected chi connectivity index (χ2v) is 4.81. The molecule has 0 spiro atoms. The molecule has 2 N–H and O–H groups in total. The van der Waals surface area contributed by atoms with E-state index in [9.17, 15) is 9.59 Å². The molecule has 0 aliphatic carbocycles. The Bertz CT molecular complexity index is 714. The minimum atomic E-state index is -0.413. The molecule has 24 heavy (non-hydrogen) atoms. The van der Waals surface area contributed by atoms with Gasteiger partial charge in [0.25, 0.3) is 11.8 Å². The highest BCUT2D eigenvalue weighted by atomic mass is 16.5. The quantitative estimate of drug-likeness (QED) is 0.603. The van der Waals surface area contributed by atoms with Gasteiger partial charge in [0.1, 0.15) is 5.75 Å². The molecule has 0 fully saturated rings. The molecule has 0 bridgehead atoms. The van der Waals surface area contributed by atoms with Crippen LogP contribution in [-0.2, 0) is 4.79 Å². The highest BCUT2D eigenvalue weighted by molar-refractivity contribution is 5.96. The molecular weight excluding hydrogens is 306 g/mol. The molecule has 0 aromatic heterocycles. The van der Waals surface area contributed by atoms with Gasteiger partial charge in [0.05, 0.1) is 19.4 Å². The van der Waals surface area contributed by atoms with Gasteiger partial charge in [-0.25, -0.2) is 5.43 Å². The monoisotopic (exact) mass is 325 g/mol. The molecule has 0 aliphatic heterocycles. The predicted molar refractivity (Wildman–Crippen MR) is 92.1 cm³/mol. The lowest BCUT2D eigenvalue weighted by Gasteiger charge is -2.06. The second kappa shape index (κ2) is 9.09. The van der Waals surface area contributed by atoms with E-state index in [2.05, 4.69) is 15.8 Å². The van der Waals surface area contributed by atoms with Gasteiger partial charge in [0, 0.05) is 11.1 Å². The second-order valence-electron chi connectivity index (χ2n) is 4.81. The molecule has 0 aliphatic rings. The van der Waals surface area contributed by atoms with Crippen molar-refractivity contribution in [3.63, 3.8) is 0 Å².